The molecule has 1 fully saturated rings. The van der Waals surface area contributed by atoms with Gasteiger partial charge in [-0.2, -0.15) is 0 Å². The molecule has 1 atom stereocenters. The summed E-state index contributed by atoms with van der Waals surface area (Å²) in [6.07, 6.45) is 1.57. The Hall–Kier alpha value is -1.92. The van der Waals surface area contributed by atoms with Crippen molar-refractivity contribution < 1.29 is 14.7 Å². The van der Waals surface area contributed by atoms with Crippen LogP contribution >= 0.6 is 0 Å². The Morgan fingerprint density at radius 2 is 1.92 bits per heavy atom. The summed E-state index contributed by atoms with van der Waals surface area (Å²) < 4.78 is 0. The van der Waals surface area contributed by atoms with E-state index in [0.717, 1.165) is 24.0 Å². The van der Waals surface area contributed by atoms with Gasteiger partial charge in [0.25, 0.3) is 0 Å². The number of likely N-dealkylation sites (N-methyl/N-ethyl adjacent to an activating group) is 1. The smallest absolute Gasteiger partial charge is 0.317 e. The molecule has 24 heavy (non-hydrogen) atoms. The normalized spacial score (nSPS) is 17.7. The van der Waals surface area contributed by atoms with Crippen LogP contribution < -0.4 is 5.32 Å². The van der Waals surface area contributed by atoms with E-state index in [9.17, 15) is 9.59 Å². The highest BCUT2D eigenvalue weighted by molar-refractivity contribution is 5.83. The van der Waals surface area contributed by atoms with Crippen LogP contribution in [0, 0.1) is 6.92 Å². The third kappa shape index (κ3) is 4.79. The largest absolute Gasteiger partial charge is 0.480 e. The Morgan fingerprint density at radius 3 is 2.46 bits per heavy atom. The number of carboxylic acids is 1. The molecule has 1 aliphatic heterocycles. The molecule has 6 nitrogen and oxygen atoms in total. The lowest BCUT2D eigenvalue weighted by Crippen LogP contribution is -2.48. The van der Waals surface area contributed by atoms with Crippen molar-refractivity contribution in [2.75, 3.05) is 33.7 Å². The van der Waals surface area contributed by atoms with Gasteiger partial charge in [-0.1, -0.05) is 24.3 Å². The lowest BCUT2D eigenvalue weighted by molar-refractivity contribution is -0.138. The first-order chi connectivity index (χ1) is 11.4. The van der Waals surface area contributed by atoms with Crippen molar-refractivity contribution in [2.24, 2.45) is 0 Å². The number of carbonyl (C=O) groups excluding carboxylic acids is 1. The first-order valence-corrected chi connectivity index (χ1v) is 8.35. The number of hydrogen-bond acceptors (Lipinski definition) is 4. The van der Waals surface area contributed by atoms with Gasteiger partial charge >= 0.3 is 5.97 Å². The average Bonchev–Trinajstić information content (AvgIpc) is 2.50. The summed E-state index contributed by atoms with van der Waals surface area (Å²) in [5.41, 5.74) is 2.12. The average molecular weight is 333 g/mol. The number of hydrogen-bond donors (Lipinski definition) is 2. The number of nitrogens with zero attached hydrogens (tertiary/aromatic N) is 2. The van der Waals surface area contributed by atoms with Crippen LogP contribution in [0.15, 0.2) is 24.3 Å². The molecular weight excluding hydrogens is 306 g/mol. The molecule has 0 radical (unpaired) electrons. The molecule has 1 heterocycles. The molecule has 2 rings (SSSR count). The van der Waals surface area contributed by atoms with Gasteiger partial charge < -0.3 is 10.4 Å². The standard InChI is InChI=1S/C18H27N3O3/c1-13-6-4-5-7-15(13)17(20(2)3)18(24)19-14-8-10-21(11-9-14)12-16(22)23/h4-7,14,17H,8-12H2,1-3H3,(H,19,24)(H,22,23)/t17-/m1/s1. The Labute approximate surface area is 143 Å². The van der Waals surface area contributed by atoms with E-state index in [-0.39, 0.29) is 24.5 Å². The Bertz CT molecular complexity index is 581. The minimum atomic E-state index is -0.801. The van der Waals surface area contributed by atoms with Crippen LogP contribution in [0.25, 0.3) is 0 Å². The van der Waals surface area contributed by atoms with Crippen molar-refractivity contribution in [1.29, 1.82) is 0 Å². The first-order valence-electron chi connectivity index (χ1n) is 8.35. The second-order valence-electron chi connectivity index (χ2n) is 6.68. The van der Waals surface area contributed by atoms with E-state index in [1.807, 2.05) is 55.1 Å². The number of aliphatic carboxylic acids is 1. The van der Waals surface area contributed by atoms with Crippen LogP contribution in [0.5, 0.6) is 0 Å². The van der Waals surface area contributed by atoms with Gasteiger partial charge in [0.2, 0.25) is 5.91 Å². The van der Waals surface area contributed by atoms with Gasteiger partial charge in [0.1, 0.15) is 6.04 Å². The van der Waals surface area contributed by atoms with Gasteiger partial charge in [0.15, 0.2) is 0 Å². The van der Waals surface area contributed by atoms with Crippen LogP contribution in [0.2, 0.25) is 0 Å². The zero-order valence-corrected chi connectivity index (χ0v) is 14.7. The fraction of sp³-hybridized carbons (Fsp3) is 0.556. The third-order valence-electron chi connectivity index (χ3n) is 4.54. The van der Waals surface area contributed by atoms with Crippen molar-refractivity contribution in [3.05, 3.63) is 35.4 Å². The zero-order chi connectivity index (χ0) is 17.7. The summed E-state index contributed by atoms with van der Waals surface area (Å²) >= 11 is 0. The lowest BCUT2D eigenvalue weighted by atomic mass is 9.98. The Morgan fingerprint density at radius 1 is 1.29 bits per heavy atom. The molecule has 0 spiro atoms. The number of piperidine rings is 1. The number of nitrogens with one attached hydrogen (secondary N) is 1. The van der Waals surface area contributed by atoms with Gasteiger partial charge in [0.05, 0.1) is 6.54 Å². The number of carboxylic acid groups (broad SMARTS) is 1. The number of benzene rings is 1. The number of amides is 1. The number of likely N-dealkylation sites (tertiary alicyclic amines) is 1. The molecule has 1 aromatic carbocycles. The highest BCUT2D eigenvalue weighted by Crippen LogP contribution is 2.23. The molecule has 0 unspecified atom stereocenters. The number of rotatable bonds is 6. The fourth-order valence-electron chi connectivity index (χ4n) is 3.25. The molecule has 1 aliphatic rings. The second kappa shape index (κ2) is 8.26. The molecule has 1 saturated heterocycles. The summed E-state index contributed by atoms with van der Waals surface area (Å²) in [6, 6.07) is 7.73. The molecule has 1 aromatic rings. The molecule has 1 amide bonds. The van der Waals surface area contributed by atoms with E-state index in [1.165, 1.54) is 0 Å². The van der Waals surface area contributed by atoms with Gasteiger partial charge in [-0.05, 0) is 45.0 Å². The SMILES string of the molecule is Cc1ccccc1[C@H](C(=O)NC1CCN(CC(=O)O)CC1)N(C)C. The summed E-state index contributed by atoms with van der Waals surface area (Å²) in [5.74, 6) is -0.796. The van der Waals surface area contributed by atoms with E-state index in [2.05, 4.69) is 5.32 Å². The Kier molecular flexibility index (Phi) is 6.34. The van der Waals surface area contributed by atoms with E-state index in [4.69, 9.17) is 5.11 Å². The predicted molar refractivity (Wildman–Crippen MR) is 92.8 cm³/mol. The van der Waals surface area contributed by atoms with Crippen LogP contribution in [0.1, 0.15) is 30.0 Å². The van der Waals surface area contributed by atoms with Gasteiger partial charge in [-0.15, -0.1) is 0 Å². The highest BCUT2D eigenvalue weighted by Gasteiger charge is 2.28. The quantitative estimate of drug-likeness (QED) is 0.820. The molecule has 0 bridgehead atoms. The molecular formula is C18H27N3O3. The summed E-state index contributed by atoms with van der Waals surface area (Å²) in [5, 5.41) is 12.0. The lowest BCUT2D eigenvalue weighted by Gasteiger charge is -2.33. The highest BCUT2D eigenvalue weighted by atomic mass is 16.4. The maximum Gasteiger partial charge on any atom is 0.317 e. The van der Waals surface area contributed by atoms with Crippen molar-refractivity contribution in [3.63, 3.8) is 0 Å². The zero-order valence-electron chi connectivity index (χ0n) is 14.7. The second-order valence-corrected chi connectivity index (χ2v) is 6.68. The van der Waals surface area contributed by atoms with Crippen LogP contribution in [-0.2, 0) is 9.59 Å². The van der Waals surface area contributed by atoms with Crippen LogP contribution in [0.4, 0.5) is 0 Å². The van der Waals surface area contributed by atoms with E-state index >= 15 is 0 Å². The minimum Gasteiger partial charge on any atom is -0.480 e. The third-order valence-corrected chi connectivity index (χ3v) is 4.54. The fourth-order valence-corrected chi connectivity index (χ4v) is 3.25. The van der Waals surface area contributed by atoms with Crippen molar-refractivity contribution in [2.45, 2.75) is 31.8 Å². The Balaban J connectivity index is 1.97. The van der Waals surface area contributed by atoms with E-state index in [1.54, 1.807) is 0 Å². The van der Waals surface area contributed by atoms with E-state index in [0.29, 0.717) is 13.1 Å². The molecule has 2 N–H and O–H groups in total. The van der Waals surface area contributed by atoms with Crippen LogP contribution in [-0.4, -0.2) is 66.6 Å². The molecule has 0 saturated carbocycles. The number of carbonyl (C=O) groups is 2. The summed E-state index contributed by atoms with van der Waals surface area (Å²) in [4.78, 5) is 27.4. The van der Waals surface area contributed by atoms with Gasteiger partial charge in [-0.25, -0.2) is 0 Å². The van der Waals surface area contributed by atoms with Crippen LogP contribution in [0.3, 0.4) is 0 Å². The number of aryl methyl sites for hydroxylation is 1. The van der Waals surface area contributed by atoms with E-state index < -0.39 is 5.97 Å². The van der Waals surface area contributed by atoms with Gasteiger partial charge in [-0.3, -0.25) is 19.4 Å². The minimum absolute atomic E-state index is 0.00554. The van der Waals surface area contributed by atoms with Crippen molar-refractivity contribution >= 4 is 11.9 Å². The molecule has 0 aromatic heterocycles. The van der Waals surface area contributed by atoms with Gasteiger partial charge in [0, 0.05) is 19.1 Å². The maximum absolute atomic E-state index is 12.8. The van der Waals surface area contributed by atoms with Crippen molar-refractivity contribution in [1.82, 2.24) is 15.1 Å². The molecule has 132 valence electrons. The molecule has 6 heteroatoms. The predicted octanol–water partition coefficient (Wildman–Crippen LogP) is 1.26. The van der Waals surface area contributed by atoms with Crippen molar-refractivity contribution in [3.8, 4) is 0 Å². The summed E-state index contributed by atoms with van der Waals surface area (Å²) in [7, 11) is 3.82. The monoisotopic (exact) mass is 333 g/mol. The molecule has 0 aliphatic carbocycles. The maximum atomic E-state index is 12.8. The first kappa shape index (κ1) is 18.4. The summed E-state index contributed by atoms with van der Waals surface area (Å²) in [6.45, 7) is 3.50. The topological polar surface area (TPSA) is 72.9 Å².